The Hall–Kier alpha value is -4.88. The zero-order chi connectivity index (χ0) is 26.7. The van der Waals surface area contributed by atoms with E-state index in [1.807, 2.05) is 19.1 Å². The van der Waals surface area contributed by atoms with E-state index in [9.17, 15) is 9.59 Å². The van der Waals surface area contributed by atoms with Crippen molar-refractivity contribution >= 4 is 23.5 Å². The Morgan fingerprint density at radius 3 is 2.70 bits per heavy atom. The summed E-state index contributed by atoms with van der Waals surface area (Å²) in [4.78, 5) is 35.0. The minimum absolute atomic E-state index is 0.119. The van der Waals surface area contributed by atoms with Gasteiger partial charge in [-0.1, -0.05) is 29.9 Å². The molecule has 0 radical (unpaired) electrons. The fraction of sp³-hybridized carbons (Fsp3) is 0.261. The smallest absolute Gasteiger partial charge is 0.337 e. The van der Waals surface area contributed by atoms with E-state index in [1.165, 1.54) is 24.2 Å². The summed E-state index contributed by atoms with van der Waals surface area (Å²) in [5.74, 6) is -1.16. The number of tetrazole rings is 1. The number of carbonyl (C=O) groups excluding carboxylic acids is 2. The van der Waals surface area contributed by atoms with Crippen LogP contribution >= 0.6 is 0 Å². The number of benzene rings is 1. The quantitative estimate of drug-likeness (QED) is 0.439. The second-order valence-electron chi connectivity index (χ2n) is 8.15. The van der Waals surface area contributed by atoms with Gasteiger partial charge in [-0.05, 0) is 36.3 Å². The third-order valence-corrected chi connectivity index (χ3v) is 5.57. The molecule has 2 atom stereocenters. The normalized spacial score (nSPS) is 16.4. The van der Waals surface area contributed by atoms with Crippen LogP contribution in [-0.2, 0) is 21.4 Å². The summed E-state index contributed by atoms with van der Waals surface area (Å²) in [5, 5.41) is 18.2. The van der Waals surface area contributed by atoms with Crippen LogP contribution in [0.3, 0.4) is 0 Å². The number of hydrazine groups is 1. The molecule has 4 rings (SSSR count). The summed E-state index contributed by atoms with van der Waals surface area (Å²) in [6, 6.07) is 5.93. The van der Waals surface area contributed by atoms with Gasteiger partial charge in [-0.25, -0.2) is 14.6 Å². The Balaban J connectivity index is 1.43. The number of hydrogen-bond acceptors (Lipinski definition) is 9. The van der Waals surface area contributed by atoms with Crippen LogP contribution in [-0.4, -0.2) is 56.2 Å². The highest BCUT2D eigenvalue weighted by Gasteiger charge is 2.37. The summed E-state index contributed by atoms with van der Waals surface area (Å²) in [7, 11) is 3.06. The molecular weight excluding hydrogens is 485 g/mol. The molecule has 2 aromatic heterocycles. The Labute approximate surface area is 210 Å². The molecule has 0 aliphatic carbocycles. The monoisotopic (exact) mass is 509 g/mol. The lowest BCUT2D eigenvalue weighted by Gasteiger charge is -2.15. The number of pyridine rings is 1. The van der Waals surface area contributed by atoms with E-state index in [0.29, 0.717) is 22.5 Å². The number of amides is 3. The third-order valence-electron chi connectivity index (χ3n) is 5.57. The number of urea groups is 1. The van der Waals surface area contributed by atoms with Crippen LogP contribution in [0, 0.1) is 18.7 Å². The van der Waals surface area contributed by atoms with Gasteiger partial charge in [0.15, 0.2) is 5.82 Å². The molecule has 0 saturated carbocycles. The maximum absolute atomic E-state index is 15.1. The van der Waals surface area contributed by atoms with Gasteiger partial charge in [0.1, 0.15) is 5.69 Å². The number of aryl methyl sites for hydroxylation is 2. The standard InChI is InChI=1S/C23H24FN9O4/c1-11-7-6-8-15(17(11)20-27-32-33(4)30-20)14-9-16(24)18(25-10-14)13(3)26-23(35)29-28-21(34)19-12(2)22(36-5)31-37-19/h6-10,12,19H,3H2,1-2,4-5H3,(H,28,34)(H2,26,29,35). The van der Waals surface area contributed by atoms with E-state index in [2.05, 4.69) is 48.3 Å². The van der Waals surface area contributed by atoms with Crippen LogP contribution in [0.4, 0.5) is 9.18 Å². The van der Waals surface area contributed by atoms with Crippen LogP contribution in [0.15, 0.2) is 42.2 Å². The lowest BCUT2D eigenvalue weighted by molar-refractivity contribution is -0.133. The Kier molecular flexibility index (Phi) is 7.08. The summed E-state index contributed by atoms with van der Waals surface area (Å²) in [6.45, 7) is 7.24. The van der Waals surface area contributed by atoms with Gasteiger partial charge in [0, 0.05) is 17.3 Å². The van der Waals surface area contributed by atoms with E-state index in [1.54, 1.807) is 20.0 Å². The zero-order valence-electron chi connectivity index (χ0n) is 20.4. The molecule has 1 aromatic carbocycles. The lowest BCUT2D eigenvalue weighted by Crippen LogP contribution is -2.51. The molecule has 3 N–H and O–H groups in total. The number of ether oxygens (including phenoxy) is 1. The minimum atomic E-state index is -0.978. The van der Waals surface area contributed by atoms with E-state index in [0.717, 1.165) is 5.56 Å². The highest BCUT2D eigenvalue weighted by molar-refractivity contribution is 5.92. The average molecular weight is 510 g/mol. The van der Waals surface area contributed by atoms with Crippen LogP contribution in [0.1, 0.15) is 18.2 Å². The molecule has 14 heteroatoms. The molecule has 0 fully saturated rings. The van der Waals surface area contributed by atoms with E-state index >= 15 is 4.39 Å². The second kappa shape index (κ2) is 10.4. The molecule has 192 valence electrons. The highest BCUT2D eigenvalue weighted by Crippen LogP contribution is 2.33. The van der Waals surface area contributed by atoms with Gasteiger partial charge >= 0.3 is 6.03 Å². The number of aromatic nitrogens is 5. The molecule has 37 heavy (non-hydrogen) atoms. The van der Waals surface area contributed by atoms with Gasteiger partial charge in [0.05, 0.1) is 25.8 Å². The first-order valence-electron chi connectivity index (χ1n) is 11.0. The first kappa shape index (κ1) is 25.2. The molecule has 3 heterocycles. The summed E-state index contributed by atoms with van der Waals surface area (Å²) in [5.41, 5.74) is 6.76. The van der Waals surface area contributed by atoms with E-state index in [4.69, 9.17) is 9.57 Å². The summed E-state index contributed by atoms with van der Waals surface area (Å²) < 4.78 is 20.0. The number of hydrogen-bond donors (Lipinski definition) is 3. The first-order chi connectivity index (χ1) is 17.7. The number of halogens is 1. The van der Waals surface area contributed by atoms with Crippen molar-refractivity contribution in [3.8, 4) is 22.5 Å². The minimum Gasteiger partial charge on any atom is -0.482 e. The van der Waals surface area contributed by atoms with E-state index < -0.39 is 29.8 Å². The SMILES string of the molecule is C=C(NC(=O)NNC(=O)C1ON=C(OC)C1C)c1ncc(-c2cccc(C)c2-c2nnn(C)n2)cc1F. The van der Waals surface area contributed by atoms with Crippen LogP contribution in [0.5, 0.6) is 0 Å². The van der Waals surface area contributed by atoms with E-state index in [-0.39, 0.29) is 17.3 Å². The third kappa shape index (κ3) is 5.22. The maximum Gasteiger partial charge on any atom is 0.337 e. The topological polar surface area (TPSA) is 158 Å². The Morgan fingerprint density at radius 1 is 1.27 bits per heavy atom. The van der Waals surface area contributed by atoms with Gasteiger partial charge < -0.3 is 14.9 Å². The van der Waals surface area contributed by atoms with Gasteiger partial charge in [0.25, 0.3) is 5.91 Å². The molecule has 3 aromatic rings. The van der Waals surface area contributed by atoms with Gasteiger partial charge in [0.2, 0.25) is 17.8 Å². The van der Waals surface area contributed by atoms with Crippen molar-refractivity contribution in [2.24, 2.45) is 18.1 Å². The molecular formula is C23H24FN9O4. The number of nitrogens with one attached hydrogen (secondary N) is 3. The number of methoxy groups -OCH3 is 1. The average Bonchev–Trinajstić information content (AvgIpc) is 3.47. The van der Waals surface area contributed by atoms with Gasteiger partial charge in [-0.15, -0.1) is 10.2 Å². The van der Waals surface area contributed by atoms with Crippen molar-refractivity contribution in [2.75, 3.05) is 7.11 Å². The highest BCUT2D eigenvalue weighted by atomic mass is 19.1. The van der Waals surface area contributed by atoms with Crippen molar-refractivity contribution in [3.63, 3.8) is 0 Å². The molecule has 3 amide bonds. The van der Waals surface area contributed by atoms with Crippen LogP contribution in [0.2, 0.25) is 0 Å². The fourth-order valence-electron chi connectivity index (χ4n) is 3.72. The first-order valence-corrected chi connectivity index (χ1v) is 11.0. The Morgan fingerprint density at radius 2 is 2.05 bits per heavy atom. The number of oxime groups is 1. The van der Waals surface area contributed by atoms with Crippen molar-refractivity contribution in [3.05, 3.63) is 54.1 Å². The largest absolute Gasteiger partial charge is 0.482 e. The molecule has 13 nitrogen and oxygen atoms in total. The maximum atomic E-state index is 15.1. The number of rotatable bonds is 5. The lowest BCUT2D eigenvalue weighted by atomic mass is 9.96. The molecule has 1 aliphatic rings. The number of carbonyl (C=O) groups is 2. The van der Waals surface area contributed by atoms with Crippen molar-refractivity contribution in [2.45, 2.75) is 20.0 Å². The fourth-order valence-corrected chi connectivity index (χ4v) is 3.72. The van der Waals surface area contributed by atoms with Crippen LogP contribution < -0.4 is 16.2 Å². The van der Waals surface area contributed by atoms with Gasteiger partial charge in [-0.3, -0.25) is 15.2 Å². The number of nitrogens with zero attached hydrogens (tertiary/aromatic N) is 6. The van der Waals surface area contributed by atoms with Crippen molar-refractivity contribution < 1.29 is 23.6 Å². The Bertz CT molecular complexity index is 1400. The molecule has 0 bridgehead atoms. The predicted molar refractivity (Wildman–Crippen MR) is 129 cm³/mol. The van der Waals surface area contributed by atoms with Crippen LogP contribution in [0.25, 0.3) is 28.2 Å². The second-order valence-corrected chi connectivity index (χ2v) is 8.15. The zero-order valence-corrected chi connectivity index (χ0v) is 20.4. The summed E-state index contributed by atoms with van der Waals surface area (Å²) >= 11 is 0. The van der Waals surface area contributed by atoms with Crippen molar-refractivity contribution in [1.29, 1.82) is 0 Å². The van der Waals surface area contributed by atoms with Gasteiger partial charge in [-0.2, -0.15) is 4.80 Å². The molecule has 0 saturated heterocycles. The molecule has 1 aliphatic heterocycles. The summed E-state index contributed by atoms with van der Waals surface area (Å²) in [6.07, 6.45) is 0.472. The molecule has 0 spiro atoms. The predicted octanol–water partition coefficient (Wildman–Crippen LogP) is 1.68. The molecule has 2 unspecified atom stereocenters. The van der Waals surface area contributed by atoms with Crippen molar-refractivity contribution in [1.82, 2.24) is 41.4 Å².